The van der Waals surface area contributed by atoms with Crippen molar-refractivity contribution >= 4 is 11.4 Å². The molecule has 0 amide bonds. The minimum atomic E-state index is 0.597. The van der Waals surface area contributed by atoms with Gasteiger partial charge in [-0.2, -0.15) is 0 Å². The van der Waals surface area contributed by atoms with E-state index in [1.165, 1.54) is 6.42 Å². The molecule has 2 N–H and O–H groups in total. The van der Waals surface area contributed by atoms with E-state index in [1.54, 1.807) is 0 Å². The molecule has 1 unspecified atom stereocenters. The summed E-state index contributed by atoms with van der Waals surface area (Å²) < 4.78 is 11.2. The molecule has 5 nitrogen and oxygen atoms in total. The number of fused-ring (bicyclic) bond motifs is 1. The summed E-state index contributed by atoms with van der Waals surface area (Å²) >= 11 is 0. The first-order chi connectivity index (χ1) is 10.2. The van der Waals surface area contributed by atoms with Crippen LogP contribution in [0.4, 0.5) is 11.4 Å². The van der Waals surface area contributed by atoms with Gasteiger partial charge in [0.1, 0.15) is 13.2 Å². The molecular weight excluding hydrogens is 266 g/mol. The molecule has 1 fully saturated rings. The number of hydrogen-bond acceptors (Lipinski definition) is 5. The van der Waals surface area contributed by atoms with E-state index in [4.69, 9.17) is 15.2 Å². The monoisotopic (exact) mass is 291 g/mol. The molecule has 2 heterocycles. The summed E-state index contributed by atoms with van der Waals surface area (Å²) in [4.78, 5) is 4.90. The highest BCUT2D eigenvalue weighted by atomic mass is 16.6. The van der Waals surface area contributed by atoms with Crippen LogP contribution in [0.25, 0.3) is 0 Å². The van der Waals surface area contributed by atoms with Gasteiger partial charge in [-0.15, -0.1) is 0 Å². The number of benzene rings is 1. The third-order valence-corrected chi connectivity index (χ3v) is 4.56. The van der Waals surface area contributed by atoms with E-state index < -0.39 is 0 Å². The van der Waals surface area contributed by atoms with Crippen LogP contribution in [0.3, 0.4) is 0 Å². The van der Waals surface area contributed by atoms with Crippen molar-refractivity contribution in [3.05, 3.63) is 12.1 Å². The normalized spacial score (nSPS) is 20.4. The van der Waals surface area contributed by atoms with Crippen LogP contribution in [0.2, 0.25) is 0 Å². The fraction of sp³-hybridized carbons (Fsp3) is 0.625. The fourth-order valence-electron chi connectivity index (χ4n) is 3.03. The molecule has 1 atom stereocenters. The van der Waals surface area contributed by atoms with Crippen molar-refractivity contribution in [1.82, 2.24) is 4.90 Å². The van der Waals surface area contributed by atoms with E-state index >= 15 is 0 Å². The van der Waals surface area contributed by atoms with E-state index in [2.05, 4.69) is 23.6 Å². The first-order valence-corrected chi connectivity index (χ1v) is 7.87. The third kappa shape index (κ3) is 2.88. The summed E-state index contributed by atoms with van der Waals surface area (Å²) in [7, 11) is 0. The minimum absolute atomic E-state index is 0.597. The SMILES string of the molecule is CCC(C)N1CCN(c2cc3c(cc2N)OCCO3)CC1. The quantitative estimate of drug-likeness (QED) is 0.863. The molecule has 0 spiro atoms. The lowest BCUT2D eigenvalue weighted by Crippen LogP contribution is -2.49. The van der Waals surface area contributed by atoms with Gasteiger partial charge in [0, 0.05) is 44.4 Å². The van der Waals surface area contributed by atoms with Gasteiger partial charge < -0.3 is 20.1 Å². The number of nitrogens with zero attached hydrogens (tertiary/aromatic N) is 2. The maximum Gasteiger partial charge on any atom is 0.163 e. The molecule has 2 aliphatic rings. The molecule has 1 aromatic rings. The maximum atomic E-state index is 6.21. The van der Waals surface area contributed by atoms with Crippen molar-refractivity contribution in [3.8, 4) is 11.5 Å². The van der Waals surface area contributed by atoms with E-state index in [-0.39, 0.29) is 0 Å². The highest BCUT2D eigenvalue weighted by Crippen LogP contribution is 2.38. The van der Waals surface area contributed by atoms with Gasteiger partial charge in [0.05, 0.1) is 11.4 Å². The minimum Gasteiger partial charge on any atom is -0.486 e. The van der Waals surface area contributed by atoms with E-state index in [0.717, 1.165) is 49.1 Å². The van der Waals surface area contributed by atoms with Gasteiger partial charge in [-0.25, -0.2) is 0 Å². The molecule has 3 rings (SSSR count). The summed E-state index contributed by atoms with van der Waals surface area (Å²) in [6.45, 7) is 9.94. The second kappa shape index (κ2) is 6.02. The first kappa shape index (κ1) is 14.3. The van der Waals surface area contributed by atoms with Crippen LogP contribution in [0.1, 0.15) is 20.3 Å². The third-order valence-electron chi connectivity index (χ3n) is 4.56. The van der Waals surface area contributed by atoms with Crippen LogP contribution < -0.4 is 20.1 Å². The molecule has 0 aliphatic carbocycles. The average Bonchev–Trinajstić information content (AvgIpc) is 2.53. The Morgan fingerprint density at radius 1 is 1.10 bits per heavy atom. The van der Waals surface area contributed by atoms with Crippen molar-refractivity contribution in [2.75, 3.05) is 50.0 Å². The second-order valence-electron chi connectivity index (χ2n) is 5.83. The number of hydrogen-bond donors (Lipinski definition) is 1. The molecule has 0 bridgehead atoms. The molecule has 5 heteroatoms. The van der Waals surface area contributed by atoms with Crippen LogP contribution >= 0.6 is 0 Å². The first-order valence-electron chi connectivity index (χ1n) is 7.87. The van der Waals surface area contributed by atoms with Crippen LogP contribution in [0, 0.1) is 0 Å². The summed E-state index contributed by atoms with van der Waals surface area (Å²) in [6, 6.07) is 4.58. The molecule has 116 valence electrons. The smallest absolute Gasteiger partial charge is 0.163 e. The Labute approximate surface area is 126 Å². The zero-order valence-corrected chi connectivity index (χ0v) is 13.0. The van der Waals surface area contributed by atoms with Gasteiger partial charge in [0.25, 0.3) is 0 Å². The highest BCUT2D eigenvalue weighted by molar-refractivity contribution is 5.73. The van der Waals surface area contributed by atoms with Crippen molar-refractivity contribution in [1.29, 1.82) is 0 Å². The van der Waals surface area contributed by atoms with E-state index in [0.29, 0.717) is 19.3 Å². The number of rotatable bonds is 3. The van der Waals surface area contributed by atoms with Gasteiger partial charge in [-0.1, -0.05) is 6.92 Å². The Hall–Kier alpha value is -1.62. The fourth-order valence-corrected chi connectivity index (χ4v) is 3.03. The Balaban J connectivity index is 1.73. The molecule has 1 aromatic carbocycles. The lowest BCUT2D eigenvalue weighted by Gasteiger charge is -2.39. The van der Waals surface area contributed by atoms with Gasteiger partial charge in [0.15, 0.2) is 11.5 Å². The van der Waals surface area contributed by atoms with E-state index in [9.17, 15) is 0 Å². The molecular formula is C16H25N3O2. The van der Waals surface area contributed by atoms with Gasteiger partial charge in [0.2, 0.25) is 0 Å². The number of nitrogens with two attached hydrogens (primary N) is 1. The Kier molecular flexibility index (Phi) is 4.10. The van der Waals surface area contributed by atoms with E-state index in [1.807, 2.05) is 12.1 Å². The number of anilines is 2. The largest absolute Gasteiger partial charge is 0.486 e. The summed E-state index contributed by atoms with van der Waals surface area (Å²) in [5, 5.41) is 0. The Bertz CT molecular complexity index is 499. The molecule has 0 saturated carbocycles. The van der Waals surface area contributed by atoms with Gasteiger partial charge in [-0.05, 0) is 13.3 Å². The zero-order chi connectivity index (χ0) is 14.8. The highest BCUT2D eigenvalue weighted by Gasteiger charge is 2.23. The topological polar surface area (TPSA) is 51.0 Å². The van der Waals surface area contributed by atoms with Crippen molar-refractivity contribution in [2.45, 2.75) is 26.3 Å². The molecule has 1 saturated heterocycles. The second-order valence-corrected chi connectivity index (χ2v) is 5.83. The van der Waals surface area contributed by atoms with Crippen molar-refractivity contribution in [3.63, 3.8) is 0 Å². The summed E-state index contributed by atoms with van der Waals surface area (Å²) in [5.74, 6) is 1.58. The summed E-state index contributed by atoms with van der Waals surface area (Å²) in [5.41, 5.74) is 8.05. The number of piperazine rings is 1. The van der Waals surface area contributed by atoms with Crippen molar-refractivity contribution in [2.24, 2.45) is 0 Å². The van der Waals surface area contributed by atoms with Gasteiger partial charge >= 0.3 is 0 Å². The average molecular weight is 291 g/mol. The molecule has 2 aliphatic heterocycles. The van der Waals surface area contributed by atoms with Crippen LogP contribution in [-0.4, -0.2) is 50.3 Å². The maximum absolute atomic E-state index is 6.21. The predicted octanol–water partition coefficient (Wildman–Crippen LogP) is 1.96. The van der Waals surface area contributed by atoms with Crippen molar-refractivity contribution < 1.29 is 9.47 Å². The molecule has 0 aromatic heterocycles. The standard InChI is InChI=1S/C16H25N3O2/c1-3-12(2)18-4-6-19(7-5-18)14-11-16-15(10-13(14)17)20-8-9-21-16/h10-12H,3-9,17H2,1-2H3. The van der Waals surface area contributed by atoms with Crippen LogP contribution in [0.15, 0.2) is 12.1 Å². The zero-order valence-electron chi connectivity index (χ0n) is 13.0. The summed E-state index contributed by atoms with van der Waals surface area (Å²) in [6.07, 6.45) is 1.20. The van der Waals surface area contributed by atoms with Crippen LogP contribution in [0.5, 0.6) is 11.5 Å². The molecule has 0 radical (unpaired) electrons. The Morgan fingerprint density at radius 3 is 2.33 bits per heavy atom. The Morgan fingerprint density at radius 2 is 1.71 bits per heavy atom. The lowest BCUT2D eigenvalue weighted by molar-refractivity contribution is 0.171. The lowest BCUT2D eigenvalue weighted by atomic mass is 10.1. The van der Waals surface area contributed by atoms with Gasteiger partial charge in [-0.3, -0.25) is 4.90 Å². The molecule has 21 heavy (non-hydrogen) atoms. The van der Waals surface area contributed by atoms with Crippen LogP contribution in [-0.2, 0) is 0 Å². The predicted molar refractivity (Wildman–Crippen MR) is 85.4 cm³/mol. The number of nitrogen functional groups attached to an aromatic ring is 1. The number of ether oxygens (including phenoxy) is 2.